The lowest BCUT2D eigenvalue weighted by molar-refractivity contribution is -0.128. The van der Waals surface area contributed by atoms with Crippen LogP contribution in [0.3, 0.4) is 0 Å². The largest absolute Gasteiger partial charge is 0.368 e. The van der Waals surface area contributed by atoms with Crippen LogP contribution < -0.4 is 10.2 Å². The first-order valence-electron chi connectivity index (χ1n) is 11.2. The number of piperazine rings is 1. The van der Waals surface area contributed by atoms with Gasteiger partial charge in [-0.1, -0.05) is 46.9 Å². The lowest BCUT2D eigenvalue weighted by Crippen LogP contribution is -2.50. The van der Waals surface area contributed by atoms with E-state index in [0.29, 0.717) is 69.6 Å². The van der Waals surface area contributed by atoms with Gasteiger partial charge in [-0.15, -0.1) is 0 Å². The molecule has 1 atom stereocenters. The van der Waals surface area contributed by atoms with E-state index in [1.807, 2.05) is 30.9 Å². The van der Waals surface area contributed by atoms with Crippen LogP contribution >= 0.6 is 34.8 Å². The van der Waals surface area contributed by atoms with E-state index in [-0.39, 0.29) is 11.7 Å². The lowest BCUT2D eigenvalue weighted by atomic mass is 9.94. The zero-order valence-electron chi connectivity index (χ0n) is 19.2. The fourth-order valence-corrected chi connectivity index (χ4v) is 5.27. The summed E-state index contributed by atoms with van der Waals surface area (Å²) < 4.78 is 15.0. The van der Waals surface area contributed by atoms with Gasteiger partial charge >= 0.3 is 0 Å². The summed E-state index contributed by atoms with van der Waals surface area (Å²) in [5.41, 5.74) is 3.48. The molecule has 35 heavy (non-hydrogen) atoms. The van der Waals surface area contributed by atoms with Gasteiger partial charge in [-0.2, -0.15) is 5.10 Å². The maximum atomic E-state index is 13.9. The molecule has 2 aliphatic heterocycles. The van der Waals surface area contributed by atoms with Crippen LogP contribution in [0.15, 0.2) is 53.7 Å². The molecule has 2 aromatic carbocycles. The Morgan fingerprint density at radius 2 is 1.69 bits per heavy atom. The molecular formula is C25H23Cl3FN5O. The number of anilines is 2. The number of hydrogen-bond donors (Lipinski definition) is 1. The molecule has 5 rings (SSSR count). The third-order valence-electron chi connectivity index (χ3n) is 6.51. The third-order valence-corrected chi connectivity index (χ3v) is 7.79. The second-order valence-electron chi connectivity index (χ2n) is 8.66. The van der Waals surface area contributed by atoms with Crippen molar-refractivity contribution in [2.75, 3.05) is 36.4 Å². The zero-order chi connectivity index (χ0) is 24.9. The van der Waals surface area contributed by atoms with Crippen LogP contribution in [0, 0.1) is 12.7 Å². The molecule has 1 fully saturated rings. The van der Waals surface area contributed by atoms with E-state index < -0.39 is 6.04 Å². The summed E-state index contributed by atoms with van der Waals surface area (Å²) in [5.74, 6) is 0.235. The molecule has 1 N–H and O–H groups in total. The fourth-order valence-electron chi connectivity index (χ4n) is 4.68. The van der Waals surface area contributed by atoms with Gasteiger partial charge in [-0.25, -0.2) is 9.07 Å². The molecule has 1 unspecified atom stereocenters. The predicted octanol–water partition coefficient (Wildman–Crippen LogP) is 5.93. The lowest BCUT2D eigenvalue weighted by Gasteiger charge is -2.38. The van der Waals surface area contributed by atoms with Crippen molar-refractivity contribution >= 4 is 52.2 Å². The Hall–Kier alpha value is -2.74. The van der Waals surface area contributed by atoms with Crippen LogP contribution in [0.5, 0.6) is 0 Å². The highest BCUT2D eigenvalue weighted by Crippen LogP contribution is 2.43. The first kappa shape index (κ1) is 24.0. The second-order valence-corrected chi connectivity index (χ2v) is 9.82. The molecule has 0 spiro atoms. The third kappa shape index (κ3) is 4.26. The van der Waals surface area contributed by atoms with Crippen molar-refractivity contribution in [2.24, 2.45) is 0 Å². The summed E-state index contributed by atoms with van der Waals surface area (Å²) in [5, 5.41) is 9.16. The minimum absolute atomic E-state index is 0.107. The molecule has 10 heteroatoms. The van der Waals surface area contributed by atoms with Crippen molar-refractivity contribution in [1.29, 1.82) is 0 Å². The molecule has 1 aromatic heterocycles. The molecule has 1 amide bonds. The standard InChI is InChI=1S/C25H23Cl3FN5O/c1-14-20(25(35)33-12-10-32(11-13-33)17-8-6-16(29)7-9-17)23(18-4-3-5-19(26)22(18)28)34-24(30-14)21(27)15(2)31-34/h3-9,23,30H,10-13H2,1-2H3. The molecule has 2 aliphatic rings. The van der Waals surface area contributed by atoms with E-state index in [0.717, 1.165) is 5.69 Å². The van der Waals surface area contributed by atoms with E-state index in [1.165, 1.54) is 12.1 Å². The number of hydrogen-bond acceptors (Lipinski definition) is 4. The van der Waals surface area contributed by atoms with Crippen molar-refractivity contribution < 1.29 is 9.18 Å². The topological polar surface area (TPSA) is 53.4 Å². The minimum atomic E-state index is -0.591. The summed E-state index contributed by atoms with van der Waals surface area (Å²) >= 11 is 19.5. The molecule has 0 saturated carbocycles. The molecule has 3 heterocycles. The summed E-state index contributed by atoms with van der Waals surface area (Å²) in [6, 6.07) is 11.2. The second kappa shape index (κ2) is 9.37. The van der Waals surface area contributed by atoms with E-state index >= 15 is 0 Å². The van der Waals surface area contributed by atoms with Gasteiger partial charge in [0.15, 0.2) is 0 Å². The van der Waals surface area contributed by atoms with E-state index in [4.69, 9.17) is 34.8 Å². The highest BCUT2D eigenvalue weighted by atomic mass is 35.5. The number of rotatable bonds is 3. The Bertz CT molecular complexity index is 1330. The normalized spacial score (nSPS) is 17.9. The van der Waals surface area contributed by atoms with Gasteiger partial charge in [0, 0.05) is 43.1 Å². The molecule has 3 aromatic rings. The summed E-state index contributed by atoms with van der Waals surface area (Å²) in [6.45, 7) is 5.99. The van der Waals surface area contributed by atoms with Crippen LogP contribution in [0.1, 0.15) is 24.2 Å². The van der Waals surface area contributed by atoms with Gasteiger partial charge in [0.1, 0.15) is 22.7 Å². The van der Waals surface area contributed by atoms with Gasteiger partial charge in [0.25, 0.3) is 5.91 Å². The highest BCUT2D eigenvalue weighted by molar-refractivity contribution is 6.42. The number of amides is 1. The van der Waals surface area contributed by atoms with Crippen LogP contribution in [-0.2, 0) is 4.79 Å². The van der Waals surface area contributed by atoms with Crippen LogP contribution in [0.4, 0.5) is 15.9 Å². The molecule has 0 aliphatic carbocycles. The van der Waals surface area contributed by atoms with Crippen molar-refractivity contribution in [3.8, 4) is 0 Å². The predicted molar refractivity (Wildman–Crippen MR) is 138 cm³/mol. The summed E-state index contributed by atoms with van der Waals surface area (Å²) in [4.78, 5) is 17.9. The van der Waals surface area contributed by atoms with Crippen LogP contribution in [-0.4, -0.2) is 46.8 Å². The maximum Gasteiger partial charge on any atom is 0.254 e. The average molecular weight is 535 g/mol. The summed E-state index contributed by atoms with van der Waals surface area (Å²) in [6.07, 6.45) is 0. The molecule has 0 bridgehead atoms. The Labute approximate surface area is 217 Å². The number of benzene rings is 2. The molecule has 182 valence electrons. The van der Waals surface area contributed by atoms with Crippen molar-refractivity contribution in [1.82, 2.24) is 14.7 Å². The van der Waals surface area contributed by atoms with Crippen molar-refractivity contribution in [3.63, 3.8) is 0 Å². The van der Waals surface area contributed by atoms with Gasteiger partial charge in [0.2, 0.25) is 0 Å². The average Bonchev–Trinajstić information content (AvgIpc) is 3.13. The van der Waals surface area contributed by atoms with E-state index in [9.17, 15) is 9.18 Å². The minimum Gasteiger partial charge on any atom is -0.368 e. The number of aromatic nitrogens is 2. The number of aryl methyl sites for hydroxylation is 1. The van der Waals surface area contributed by atoms with Gasteiger partial charge in [-0.05, 0) is 44.2 Å². The molecule has 0 radical (unpaired) electrons. The zero-order valence-corrected chi connectivity index (χ0v) is 21.4. The number of carbonyl (C=O) groups is 1. The van der Waals surface area contributed by atoms with Gasteiger partial charge < -0.3 is 15.1 Å². The first-order chi connectivity index (χ1) is 16.8. The number of allylic oxidation sites excluding steroid dienone is 1. The first-order valence-corrected chi connectivity index (χ1v) is 12.4. The Morgan fingerprint density at radius 3 is 2.37 bits per heavy atom. The Balaban J connectivity index is 1.48. The number of nitrogens with one attached hydrogen (secondary N) is 1. The molecular weight excluding hydrogens is 512 g/mol. The number of carbonyl (C=O) groups excluding carboxylic acids is 1. The monoisotopic (exact) mass is 533 g/mol. The smallest absolute Gasteiger partial charge is 0.254 e. The van der Waals surface area contributed by atoms with E-state index in [2.05, 4.69) is 15.3 Å². The van der Waals surface area contributed by atoms with Crippen molar-refractivity contribution in [3.05, 3.63) is 85.9 Å². The molecule has 6 nitrogen and oxygen atoms in total. The molecule has 1 saturated heterocycles. The van der Waals surface area contributed by atoms with Crippen LogP contribution in [0.2, 0.25) is 15.1 Å². The quantitative estimate of drug-likeness (QED) is 0.453. The van der Waals surface area contributed by atoms with Gasteiger partial charge in [-0.3, -0.25) is 4.79 Å². The summed E-state index contributed by atoms with van der Waals surface area (Å²) in [7, 11) is 0. The Morgan fingerprint density at radius 1 is 1.00 bits per heavy atom. The van der Waals surface area contributed by atoms with Crippen LogP contribution in [0.25, 0.3) is 0 Å². The highest BCUT2D eigenvalue weighted by Gasteiger charge is 2.38. The Kier molecular flexibility index (Phi) is 6.42. The number of fused-ring (bicyclic) bond motifs is 1. The number of nitrogens with zero attached hydrogens (tertiary/aromatic N) is 4. The SMILES string of the molecule is CC1=C(C(=O)N2CCN(c3ccc(F)cc3)CC2)C(c2cccc(Cl)c2Cl)n2nc(C)c(Cl)c2N1. The van der Waals surface area contributed by atoms with Crippen molar-refractivity contribution in [2.45, 2.75) is 19.9 Å². The van der Waals surface area contributed by atoms with E-state index in [1.54, 1.807) is 22.9 Å². The maximum absolute atomic E-state index is 13.9. The van der Waals surface area contributed by atoms with Gasteiger partial charge in [0.05, 0.1) is 21.3 Å². The number of halogens is 4. The fraction of sp³-hybridized carbons (Fsp3) is 0.280.